The van der Waals surface area contributed by atoms with Crippen molar-refractivity contribution < 1.29 is 10.0 Å². The van der Waals surface area contributed by atoms with Gasteiger partial charge in [0.2, 0.25) is 0 Å². The van der Waals surface area contributed by atoms with E-state index in [2.05, 4.69) is 10.6 Å². The fraction of sp³-hybridized carbons (Fsp3) is 1.00. The Hall–Kier alpha value is -0.0951. The average Bonchev–Trinajstić information content (AvgIpc) is 1.90. The van der Waals surface area contributed by atoms with Gasteiger partial charge in [-0.1, -0.05) is 0 Å². The Balaban J connectivity index is 2.23. The predicted molar refractivity (Wildman–Crippen MR) is 34.8 cm³/mol. The zero-order chi connectivity index (χ0) is 6.69. The van der Waals surface area contributed by atoms with Gasteiger partial charge in [-0.05, 0) is 13.1 Å². The van der Waals surface area contributed by atoms with Gasteiger partial charge in [-0.15, -0.1) is 0 Å². The molecule has 52 valence electrons. The lowest BCUT2D eigenvalue weighted by Crippen LogP contribution is -2.46. The van der Waals surface area contributed by atoms with Crippen LogP contribution < -0.4 is 10.6 Å². The molecule has 0 saturated carbocycles. The maximum absolute atomic E-state index is 8.65. The molecule has 0 radical (unpaired) electrons. The summed E-state index contributed by atoms with van der Waals surface area (Å²) in [5.74, 6) is -0.0567. The Morgan fingerprint density at radius 2 is 1.78 bits per heavy atom. The first-order valence-electron chi connectivity index (χ1n) is 3.08. The Bertz CT molecular complexity index is 84.6. The SMILES string of the molecule is OB(O)C1CNCNC1. The summed E-state index contributed by atoms with van der Waals surface area (Å²) in [5.41, 5.74) is 0. The fourth-order valence-electron chi connectivity index (χ4n) is 0.887. The van der Waals surface area contributed by atoms with Gasteiger partial charge in [-0.2, -0.15) is 0 Å². The molecule has 0 aromatic carbocycles. The quantitative estimate of drug-likeness (QED) is 0.309. The van der Waals surface area contributed by atoms with Gasteiger partial charge in [0.1, 0.15) is 0 Å². The average molecular weight is 130 g/mol. The number of hydrogen-bond acceptors (Lipinski definition) is 4. The third-order valence-corrected chi connectivity index (χ3v) is 1.48. The van der Waals surface area contributed by atoms with E-state index in [4.69, 9.17) is 10.0 Å². The largest absolute Gasteiger partial charge is 0.457 e. The molecule has 0 spiro atoms. The van der Waals surface area contributed by atoms with Gasteiger partial charge < -0.3 is 20.7 Å². The van der Waals surface area contributed by atoms with Gasteiger partial charge in [-0.3, -0.25) is 0 Å². The zero-order valence-electron chi connectivity index (χ0n) is 5.17. The molecule has 1 rings (SSSR count). The highest BCUT2D eigenvalue weighted by atomic mass is 16.4. The second-order valence-corrected chi connectivity index (χ2v) is 2.26. The van der Waals surface area contributed by atoms with Crippen LogP contribution in [-0.4, -0.2) is 36.9 Å². The number of nitrogens with one attached hydrogen (secondary N) is 2. The highest BCUT2D eigenvalue weighted by Gasteiger charge is 2.24. The van der Waals surface area contributed by atoms with Gasteiger partial charge in [-0.25, -0.2) is 0 Å². The van der Waals surface area contributed by atoms with Crippen LogP contribution in [0.2, 0.25) is 5.82 Å². The van der Waals surface area contributed by atoms with E-state index in [1.807, 2.05) is 0 Å². The first-order valence-corrected chi connectivity index (χ1v) is 3.08. The van der Waals surface area contributed by atoms with Gasteiger partial charge in [0.05, 0.1) is 0 Å². The van der Waals surface area contributed by atoms with Crippen molar-refractivity contribution in [3.63, 3.8) is 0 Å². The van der Waals surface area contributed by atoms with Gasteiger partial charge in [0.15, 0.2) is 0 Å². The lowest BCUT2D eigenvalue weighted by molar-refractivity contribution is 0.357. The molecule has 1 fully saturated rings. The van der Waals surface area contributed by atoms with E-state index in [9.17, 15) is 0 Å². The molecule has 1 aliphatic rings. The van der Waals surface area contributed by atoms with E-state index >= 15 is 0 Å². The minimum Gasteiger partial charge on any atom is -0.427 e. The second-order valence-electron chi connectivity index (χ2n) is 2.26. The summed E-state index contributed by atoms with van der Waals surface area (Å²) in [7, 11) is -1.19. The van der Waals surface area contributed by atoms with Crippen LogP contribution in [-0.2, 0) is 0 Å². The van der Waals surface area contributed by atoms with Crippen molar-refractivity contribution in [2.75, 3.05) is 19.8 Å². The normalized spacial score (nSPS) is 22.0. The molecule has 0 amide bonds. The molecule has 0 unspecified atom stereocenters. The molecule has 0 aromatic rings. The third kappa shape index (κ3) is 1.94. The summed E-state index contributed by atoms with van der Waals surface area (Å²) in [6, 6.07) is 0. The Labute approximate surface area is 54.4 Å². The summed E-state index contributed by atoms with van der Waals surface area (Å²) in [6.45, 7) is 2.14. The van der Waals surface area contributed by atoms with Crippen LogP contribution >= 0.6 is 0 Å². The first kappa shape index (κ1) is 7.02. The highest BCUT2D eigenvalue weighted by molar-refractivity contribution is 6.43. The van der Waals surface area contributed by atoms with Gasteiger partial charge in [0.25, 0.3) is 0 Å². The van der Waals surface area contributed by atoms with Crippen molar-refractivity contribution in [3.05, 3.63) is 0 Å². The van der Waals surface area contributed by atoms with Crippen LogP contribution in [0.25, 0.3) is 0 Å². The number of rotatable bonds is 1. The molecular weight excluding hydrogens is 119 g/mol. The predicted octanol–water partition coefficient (Wildman–Crippen LogP) is -2.02. The van der Waals surface area contributed by atoms with E-state index in [1.165, 1.54) is 0 Å². The summed E-state index contributed by atoms with van der Waals surface area (Å²) in [6.07, 6.45) is 0. The van der Waals surface area contributed by atoms with Crippen LogP contribution in [0.1, 0.15) is 0 Å². The molecule has 1 heterocycles. The Kier molecular flexibility index (Phi) is 2.47. The highest BCUT2D eigenvalue weighted by Crippen LogP contribution is 2.04. The van der Waals surface area contributed by atoms with Gasteiger partial charge in [0, 0.05) is 12.5 Å². The maximum Gasteiger partial charge on any atom is 0.457 e. The molecule has 4 N–H and O–H groups in total. The minimum absolute atomic E-state index is 0.0567. The maximum atomic E-state index is 8.65. The molecule has 0 aliphatic carbocycles. The summed E-state index contributed by atoms with van der Waals surface area (Å²) < 4.78 is 0. The first-order chi connectivity index (χ1) is 4.30. The molecule has 0 bridgehead atoms. The molecule has 4 nitrogen and oxygen atoms in total. The minimum atomic E-state index is -1.19. The van der Waals surface area contributed by atoms with Crippen molar-refractivity contribution in [2.24, 2.45) is 0 Å². The molecule has 9 heavy (non-hydrogen) atoms. The van der Waals surface area contributed by atoms with Crippen LogP contribution in [0.3, 0.4) is 0 Å². The monoisotopic (exact) mass is 130 g/mol. The topological polar surface area (TPSA) is 64.5 Å². The van der Waals surface area contributed by atoms with Crippen LogP contribution in [0.15, 0.2) is 0 Å². The molecule has 0 atom stereocenters. The van der Waals surface area contributed by atoms with Gasteiger partial charge >= 0.3 is 7.12 Å². The second kappa shape index (κ2) is 3.17. The van der Waals surface area contributed by atoms with Crippen LogP contribution in [0.5, 0.6) is 0 Å². The standard InChI is InChI=1S/C4H11BN2O2/c8-5(9)4-1-6-3-7-2-4/h4,6-9H,1-3H2. The summed E-state index contributed by atoms with van der Waals surface area (Å²) >= 11 is 0. The summed E-state index contributed by atoms with van der Waals surface area (Å²) in [4.78, 5) is 0. The van der Waals surface area contributed by atoms with E-state index in [-0.39, 0.29) is 5.82 Å². The van der Waals surface area contributed by atoms with E-state index in [0.717, 1.165) is 6.67 Å². The van der Waals surface area contributed by atoms with Crippen molar-refractivity contribution in [1.82, 2.24) is 10.6 Å². The van der Waals surface area contributed by atoms with Crippen molar-refractivity contribution in [3.8, 4) is 0 Å². The fourth-order valence-corrected chi connectivity index (χ4v) is 0.887. The van der Waals surface area contributed by atoms with Crippen LogP contribution in [0.4, 0.5) is 0 Å². The number of hydrogen-bond donors (Lipinski definition) is 4. The Morgan fingerprint density at radius 1 is 1.22 bits per heavy atom. The third-order valence-electron chi connectivity index (χ3n) is 1.48. The lowest BCUT2D eigenvalue weighted by atomic mass is 9.72. The smallest absolute Gasteiger partial charge is 0.427 e. The molecule has 0 aromatic heterocycles. The van der Waals surface area contributed by atoms with Crippen molar-refractivity contribution in [1.29, 1.82) is 0 Å². The molecular formula is C4H11BN2O2. The van der Waals surface area contributed by atoms with E-state index in [0.29, 0.717) is 13.1 Å². The van der Waals surface area contributed by atoms with Crippen LogP contribution in [0, 0.1) is 0 Å². The van der Waals surface area contributed by atoms with E-state index in [1.54, 1.807) is 0 Å². The molecule has 1 saturated heterocycles. The lowest BCUT2D eigenvalue weighted by Gasteiger charge is -2.22. The zero-order valence-corrected chi connectivity index (χ0v) is 5.17. The van der Waals surface area contributed by atoms with E-state index < -0.39 is 7.12 Å². The molecule has 5 heteroatoms. The summed E-state index contributed by atoms with van der Waals surface area (Å²) in [5, 5.41) is 23.3. The van der Waals surface area contributed by atoms with Crippen molar-refractivity contribution in [2.45, 2.75) is 5.82 Å². The van der Waals surface area contributed by atoms with Crippen molar-refractivity contribution >= 4 is 7.12 Å². The Morgan fingerprint density at radius 3 is 2.11 bits per heavy atom. The molecule has 1 aliphatic heterocycles.